The van der Waals surface area contributed by atoms with Crippen molar-refractivity contribution in [3.05, 3.63) is 72.4 Å². The number of hydrogen-bond donors (Lipinski definition) is 0. The fraction of sp³-hybridized carbons (Fsp3) is 0.651. The summed E-state index contributed by atoms with van der Waals surface area (Å²) in [6.45, 7) is 5.86. The lowest BCUT2D eigenvalue weighted by molar-refractivity contribution is 0.111. The summed E-state index contributed by atoms with van der Waals surface area (Å²) in [5.74, 6) is 1.42. The van der Waals surface area contributed by atoms with Crippen LogP contribution in [0.15, 0.2) is 66.8 Å². The third kappa shape index (κ3) is 26.6. The van der Waals surface area contributed by atoms with Gasteiger partial charge in [0, 0.05) is 0 Å². The van der Waals surface area contributed by atoms with Crippen molar-refractivity contribution in [3.8, 4) is 11.5 Å². The normalized spacial score (nSPS) is 12.0. The predicted molar refractivity (Wildman–Crippen MR) is 202 cm³/mol. The van der Waals surface area contributed by atoms with E-state index in [0.29, 0.717) is 24.5 Å². The molecule has 0 N–H and O–H groups in total. The van der Waals surface area contributed by atoms with Gasteiger partial charge in [0.25, 0.3) is 0 Å². The molecule has 1 rings (SSSR count). The Labute approximate surface area is 285 Å². The zero-order valence-corrected chi connectivity index (χ0v) is 30.0. The maximum absolute atomic E-state index is 11.6. The van der Waals surface area contributed by atoms with Crippen LogP contribution < -0.4 is 9.47 Å². The van der Waals surface area contributed by atoms with E-state index in [1.807, 2.05) is 18.2 Å². The molecule has 46 heavy (non-hydrogen) atoms. The van der Waals surface area contributed by atoms with Crippen molar-refractivity contribution in [2.24, 2.45) is 0 Å². The molecule has 0 heterocycles. The SMILES string of the molecule is CCCCCC=CCC=CCCCCCCCCOc1ccc(OCCCCCCCCC=CCC=CCCCCC)c(C=O)c1. The van der Waals surface area contributed by atoms with Crippen molar-refractivity contribution in [1.82, 2.24) is 0 Å². The summed E-state index contributed by atoms with van der Waals surface area (Å²) in [5, 5.41) is 0. The highest BCUT2D eigenvalue weighted by atomic mass is 16.5. The first-order valence-corrected chi connectivity index (χ1v) is 19.3. The van der Waals surface area contributed by atoms with Crippen LogP contribution in [-0.2, 0) is 0 Å². The number of rotatable bonds is 33. The van der Waals surface area contributed by atoms with Gasteiger partial charge in [-0.15, -0.1) is 0 Å². The van der Waals surface area contributed by atoms with Crippen LogP contribution in [0.25, 0.3) is 0 Å². The van der Waals surface area contributed by atoms with Gasteiger partial charge in [0.1, 0.15) is 11.5 Å². The molecule has 0 aliphatic rings. The van der Waals surface area contributed by atoms with Gasteiger partial charge < -0.3 is 9.47 Å². The van der Waals surface area contributed by atoms with Crippen LogP contribution in [0.5, 0.6) is 11.5 Å². The Kier molecular flexibility index (Phi) is 30.5. The van der Waals surface area contributed by atoms with Gasteiger partial charge in [0.05, 0.1) is 18.8 Å². The molecular formula is C43H70O3. The fourth-order valence-corrected chi connectivity index (χ4v) is 5.39. The molecule has 0 aromatic heterocycles. The van der Waals surface area contributed by atoms with E-state index in [2.05, 4.69) is 62.5 Å². The second-order valence-corrected chi connectivity index (χ2v) is 12.7. The number of unbranched alkanes of at least 4 members (excludes halogenated alkanes) is 18. The first-order valence-electron chi connectivity index (χ1n) is 19.3. The van der Waals surface area contributed by atoms with Crippen LogP contribution in [0.2, 0.25) is 0 Å². The van der Waals surface area contributed by atoms with Crippen LogP contribution >= 0.6 is 0 Å². The molecule has 0 unspecified atom stereocenters. The number of hydrogen-bond acceptors (Lipinski definition) is 3. The van der Waals surface area contributed by atoms with Crippen molar-refractivity contribution in [2.75, 3.05) is 13.2 Å². The minimum atomic E-state index is 0.578. The zero-order valence-electron chi connectivity index (χ0n) is 30.0. The molecule has 0 aliphatic carbocycles. The molecule has 3 heteroatoms. The van der Waals surface area contributed by atoms with Crippen molar-refractivity contribution in [3.63, 3.8) is 0 Å². The largest absolute Gasteiger partial charge is 0.494 e. The molecule has 3 nitrogen and oxygen atoms in total. The van der Waals surface area contributed by atoms with Crippen molar-refractivity contribution < 1.29 is 14.3 Å². The standard InChI is InChI=1S/C43H70O3/c1-3-5-7-9-11-13-15-17-19-21-23-25-27-29-31-33-37-45-42-35-36-43(41(39-42)40-44)46-38-34-32-30-28-26-24-22-20-18-16-14-12-10-8-6-4-2/h11-14,17-20,35-36,39-40H,3-10,15-16,21-34,37-38H2,1-2H3. The van der Waals surface area contributed by atoms with E-state index in [1.54, 1.807) is 0 Å². The maximum Gasteiger partial charge on any atom is 0.153 e. The average Bonchev–Trinajstić information content (AvgIpc) is 3.07. The molecule has 0 saturated heterocycles. The lowest BCUT2D eigenvalue weighted by atomic mass is 10.1. The first-order chi connectivity index (χ1) is 22.8. The van der Waals surface area contributed by atoms with Crippen LogP contribution in [0.4, 0.5) is 0 Å². The Balaban J connectivity index is 1.99. The van der Waals surface area contributed by atoms with Gasteiger partial charge >= 0.3 is 0 Å². The van der Waals surface area contributed by atoms with E-state index in [9.17, 15) is 4.79 Å². The Bertz CT molecular complexity index is 926. The van der Waals surface area contributed by atoms with Crippen LogP contribution in [-0.4, -0.2) is 19.5 Å². The number of benzene rings is 1. The van der Waals surface area contributed by atoms with Crippen LogP contribution in [0.1, 0.15) is 178 Å². The monoisotopic (exact) mass is 635 g/mol. The molecule has 0 saturated carbocycles. The van der Waals surface area contributed by atoms with Gasteiger partial charge in [0.2, 0.25) is 0 Å². The second-order valence-electron chi connectivity index (χ2n) is 12.7. The third-order valence-corrected chi connectivity index (χ3v) is 8.32. The smallest absolute Gasteiger partial charge is 0.153 e. The van der Waals surface area contributed by atoms with Gasteiger partial charge in [0.15, 0.2) is 6.29 Å². The molecule has 0 fully saturated rings. The molecule has 0 atom stereocenters. The van der Waals surface area contributed by atoms with Crippen molar-refractivity contribution >= 4 is 6.29 Å². The Morgan fingerprint density at radius 2 is 0.891 bits per heavy atom. The first kappa shape index (κ1) is 41.5. The highest BCUT2D eigenvalue weighted by Crippen LogP contribution is 2.24. The molecule has 260 valence electrons. The number of aldehydes is 1. The Hall–Kier alpha value is -2.55. The lowest BCUT2D eigenvalue weighted by Gasteiger charge is -2.11. The van der Waals surface area contributed by atoms with Gasteiger partial charge in [-0.1, -0.05) is 140 Å². The molecule has 0 amide bonds. The summed E-state index contributed by atoms with van der Waals surface area (Å²) in [4.78, 5) is 11.6. The highest BCUT2D eigenvalue weighted by molar-refractivity contribution is 5.80. The fourth-order valence-electron chi connectivity index (χ4n) is 5.39. The highest BCUT2D eigenvalue weighted by Gasteiger charge is 2.06. The molecule has 1 aromatic carbocycles. The summed E-state index contributed by atoms with van der Waals surface area (Å²) >= 11 is 0. The number of carbonyl (C=O) groups excluding carboxylic acids is 1. The summed E-state index contributed by atoms with van der Waals surface area (Å²) in [5.41, 5.74) is 0.578. The molecule has 1 aromatic rings. The van der Waals surface area contributed by atoms with E-state index in [0.717, 1.165) is 37.7 Å². The van der Waals surface area contributed by atoms with Crippen LogP contribution in [0, 0.1) is 0 Å². The van der Waals surface area contributed by atoms with Gasteiger partial charge in [-0.2, -0.15) is 0 Å². The lowest BCUT2D eigenvalue weighted by Crippen LogP contribution is -2.02. The van der Waals surface area contributed by atoms with E-state index < -0.39 is 0 Å². The van der Waals surface area contributed by atoms with E-state index >= 15 is 0 Å². The molecular weight excluding hydrogens is 564 g/mol. The van der Waals surface area contributed by atoms with Gasteiger partial charge in [-0.3, -0.25) is 4.79 Å². The zero-order chi connectivity index (χ0) is 33.0. The minimum absolute atomic E-state index is 0.578. The topological polar surface area (TPSA) is 35.5 Å². The Morgan fingerprint density at radius 3 is 1.35 bits per heavy atom. The summed E-state index contributed by atoms with van der Waals surface area (Å²) < 4.78 is 11.9. The number of allylic oxidation sites excluding steroid dienone is 8. The quantitative estimate of drug-likeness (QED) is 0.0438. The molecule has 0 radical (unpaired) electrons. The number of carbonyl (C=O) groups is 1. The van der Waals surface area contributed by atoms with Crippen LogP contribution in [0.3, 0.4) is 0 Å². The Morgan fingerprint density at radius 1 is 0.478 bits per heavy atom. The maximum atomic E-state index is 11.6. The molecule has 0 spiro atoms. The van der Waals surface area contributed by atoms with E-state index in [4.69, 9.17) is 9.47 Å². The van der Waals surface area contributed by atoms with E-state index in [-0.39, 0.29) is 0 Å². The summed E-state index contributed by atoms with van der Waals surface area (Å²) in [6.07, 6.45) is 49.0. The second kappa shape index (κ2) is 33.8. The van der Waals surface area contributed by atoms with E-state index in [1.165, 1.54) is 128 Å². The minimum Gasteiger partial charge on any atom is -0.494 e. The van der Waals surface area contributed by atoms with Crippen molar-refractivity contribution in [2.45, 2.75) is 168 Å². The third-order valence-electron chi connectivity index (χ3n) is 8.32. The van der Waals surface area contributed by atoms with Gasteiger partial charge in [-0.25, -0.2) is 0 Å². The molecule has 0 aliphatic heterocycles. The summed E-state index contributed by atoms with van der Waals surface area (Å²) in [7, 11) is 0. The van der Waals surface area contributed by atoms with Gasteiger partial charge in [-0.05, 0) is 95.2 Å². The predicted octanol–water partition coefficient (Wildman–Crippen LogP) is 13.9. The van der Waals surface area contributed by atoms with Crippen molar-refractivity contribution in [1.29, 1.82) is 0 Å². The number of ether oxygens (including phenoxy) is 2. The average molecular weight is 635 g/mol. The summed E-state index contributed by atoms with van der Waals surface area (Å²) in [6, 6.07) is 5.63. The molecule has 0 bridgehead atoms.